The zero-order chi connectivity index (χ0) is 11.4. The van der Waals surface area contributed by atoms with Gasteiger partial charge < -0.3 is 10.6 Å². The molecule has 0 atom stereocenters. The molecule has 0 bridgehead atoms. The van der Waals surface area contributed by atoms with Gasteiger partial charge >= 0.3 is 0 Å². The number of anilines is 1. The highest BCUT2D eigenvalue weighted by molar-refractivity contribution is 5.57. The van der Waals surface area contributed by atoms with E-state index in [0.29, 0.717) is 6.54 Å². The molecule has 2 N–H and O–H groups in total. The molecule has 1 aliphatic heterocycles. The van der Waals surface area contributed by atoms with Gasteiger partial charge in [-0.3, -0.25) is 0 Å². The first-order chi connectivity index (χ1) is 7.86. The van der Waals surface area contributed by atoms with Crippen LogP contribution in [0.1, 0.15) is 37.3 Å². The summed E-state index contributed by atoms with van der Waals surface area (Å²) in [6.45, 7) is 5.25. The predicted octanol–water partition coefficient (Wildman–Crippen LogP) is 2.70. The smallest absolute Gasteiger partial charge is 0.0414 e. The second-order valence-corrected chi connectivity index (χ2v) is 4.52. The van der Waals surface area contributed by atoms with E-state index in [1.807, 2.05) is 0 Å². The van der Waals surface area contributed by atoms with Crippen LogP contribution in [0.3, 0.4) is 0 Å². The second-order valence-electron chi connectivity index (χ2n) is 4.52. The van der Waals surface area contributed by atoms with Crippen molar-refractivity contribution >= 4 is 5.69 Å². The third kappa shape index (κ3) is 2.22. The molecule has 1 aromatic carbocycles. The fourth-order valence-electron chi connectivity index (χ4n) is 2.62. The van der Waals surface area contributed by atoms with E-state index in [0.717, 1.165) is 6.42 Å². The van der Waals surface area contributed by atoms with Gasteiger partial charge in [-0.15, -0.1) is 0 Å². The number of benzene rings is 1. The van der Waals surface area contributed by atoms with Crippen molar-refractivity contribution in [2.45, 2.75) is 39.2 Å². The van der Waals surface area contributed by atoms with E-state index < -0.39 is 0 Å². The van der Waals surface area contributed by atoms with Crippen LogP contribution in [0.4, 0.5) is 5.69 Å². The van der Waals surface area contributed by atoms with Crippen LogP contribution in [0.25, 0.3) is 0 Å². The number of piperidine rings is 1. The van der Waals surface area contributed by atoms with E-state index in [9.17, 15) is 0 Å². The van der Waals surface area contributed by atoms with E-state index in [4.69, 9.17) is 5.73 Å². The Hall–Kier alpha value is -1.02. The summed E-state index contributed by atoms with van der Waals surface area (Å²) in [5.41, 5.74) is 10.0. The van der Waals surface area contributed by atoms with Crippen molar-refractivity contribution in [3.8, 4) is 0 Å². The molecule has 1 fully saturated rings. The standard InChI is InChI=1S/C14H22N2/c1-2-12-7-6-8-14(13(12)11-15)16-9-4-3-5-10-16/h6-8H,2-5,9-11,15H2,1H3. The summed E-state index contributed by atoms with van der Waals surface area (Å²) in [6.07, 6.45) is 5.09. The SMILES string of the molecule is CCc1cccc(N2CCCCC2)c1CN. The van der Waals surface area contributed by atoms with Crippen LogP contribution in [-0.2, 0) is 13.0 Å². The maximum absolute atomic E-state index is 5.91. The minimum absolute atomic E-state index is 0.663. The molecule has 0 saturated carbocycles. The third-order valence-corrected chi connectivity index (χ3v) is 3.53. The molecule has 0 unspecified atom stereocenters. The highest BCUT2D eigenvalue weighted by atomic mass is 15.1. The Morgan fingerprint density at radius 2 is 1.94 bits per heavy atom. The van der Waals surface area contributed by atoms with Crippen LogP contribution in [-0.4, -0.2) is 13.1 Å². The van der Waals surface area contributed by atoms with E-state index >= 15 is 0 Å². The second kappa shape index (κ2) is 5.35. The highest BCUT2D eigenvalue weighted by Gasteiger charge is 2.15. The Kier molecular flexibility index (Phi) is 3.83. The zero-order valence-corrected chi connectivity index (χ0v) is 10.2. The van der Waals surface area contributed by atoms with E-state index in [1.54, 1.807) is 0 Å². The van der Waals surface area contributed by atoms with E-state index in [-0.39, 0.29) is 0 Å². The topological polar surface area (TPSA) is 29.3 Å². The molecule has 0 aliphatic carbocycles. The molecule has 1 aliphatic rings. The summed E-state index contributed by atoms with van der Waals surface area (Å²) < 4.78 is 0. The minimum atomic E-state index is 0.663. The van der Waals surface area contributed by atoms with Crippen molar-refractivity contribution in [3.05, 3.63) is 29.3 Å². The monoisotopic (exact) mass is 218 g/mol. The minimum Gasteiger partial charge on any atom is -0.371 e. The van der Waals surface area contributed by atoms with Gasteiger partial charge in [-0.1, -0.05) is 19.1 Å². The van der Waals surface area contributed by atoms with Crippen molar-refractivity contribution in [3.63, 3.8) is 0 Å². The van der Waals surface area contributed by atoms with Gasteiger partial charge in [-0.25, -0.2) is 0 Å². The van der Waals surface area contributed by atoms with Crippen LogP contribution in [0.15, 0.2) is 18.2 Å². The molecular weight excluding hydrogens is 196 g/mol. The van der Waals surface area contributed by atoms with Crippen LogP contribution in [0.2, 0.25) is 0 Å². The summed E-state index contributed by atoms with van der Waals surface area (Å²) in [5.74, 6) is 0. The Morgan fingerprint density at radius 1 is 1.19 bits per heavy atom. The van der Waals surface area contributed by atoms with Crippen molar-refractivity contribution in [2.24, 2.45) is 5.73 Å². The maximum Gasteiger partial charge on any atom is 0.0414 e. The lowest BCUT2D eigenvalue weighted by Gasteiger charge is -2.31. The largest absolute Gasteiger partial charge is 0.371 e. The molecule has 1 saturated heterocycles. The number of nitrogens with zero attached hydrogens (tertiary/aromatic N) is 1. The van der Waals surface area contributed by atoms with Gasteiger partial charge in [0.1, 0.15) is 0 Å². The zero-order valence-electron chi connectivity index (χ0n) is 10.2. The lowest BCUT2D eigenvalue weighted by molar-refractivity contribution is 0.576. The van der Waals surface area contributed by atoms with Gasteiger partial charge in [-0.2, -0.15) is 0 Å². The van der Waals surface area contributed by atoms with Gasteiger partial charge in [0.15, 0.2) is 0 Å². The molecule has 0 spiro atoms. The number of nitrogens with two attached hydrogens (primary N) is 1. The van der Waals surface area contributed by atoms with Gasteiger partial charge in [-0.05, 0) is 42.9 Å². The summed E-state index contributed by atoms with van der Waals surface area (Å²) in [5, 5.41) is 0. The van der Waals surface area contributed by atoms with E-state index in [1.165, 1.54) is 49.2 Å². The third-order valence-electron chi connectivity index (χ3n) is 3.53. The predicted molar refractivity (Wildman–Crippen MR) is 69.8 cm³/mol. The van der Waals surface area contributed by atoms with Crippen molar-refractivity contribution in [1.29, 1.82) is 0 Å². The van der Waals surface area contributed by atoms with Crippen LogP contribution in [0.5, 0.6) is 0 Å². The summed E-state index contributed by atoms with van der Waals surface area (Å²) in [4.78, 5) is 2.50. The molecule has 0 amide bonds. The molecule has 16 heavy (non-hydrogen) atoms. The Labute approximate surface area is 98.4 Å². The number of hydrogen-bond donors (Lipinski definition) is 1. The van der Waals surface area contributed by atoms with Crippen molar-refractivity contribution in [2.75, 3.05) is 18.0 Å². The molecule has 2 heteroatoms. The Morgan fingerprint density at radius 3 is 2.56 bits per heavy atom. The van der Waals surface area contributed by atoms with Crippen molar-refractivity contribution in [1.82, 2.24) is 0 Å². The first kappa shape index (κ1) is 11.5. The molecular formula is C14H22N2. The molecule has 1 heterocycles. The Bertz CT molecular complexity index is 341. The fourth-order valence-corrected chi connectivity index (χ4v) is 2.62. The average Bonchev–Trinajstić information content (AvgIpc) is 2.38. The van der Waals surface area contributed by atoms with Gasteiger partial charge in [0, 0.05) is 25.3 Å². The van der Waals surface area contributed by atoms with Crippen LogP contribution < -0.4 is 10.6 Å². The number of hydrogen-bond acceptors (Lipinski definition) is 2. The Balaban J connectivity index is 2.30. The quantitative estimate of drug-likeness (QED) is 0.845. The average molecular weight is 218 g/mol. The first-order valence-corrected chi connectivity index (χ1v) is 6.42. The van der Waals surface area contributed by atoms with Crippen LogP contribution >= 0.6 is 0 Å². The lowest BCUT2D eigenvalue weighted by Crippen LogP contribution is -2.30. The number of rotatable bonds is 3. The van der Waals surface area contributed by atoms with Gasteiger partial charge in [0.25, 0.3) is 0 Å². The van der Waals surface area contributed by atoms with Crippen LogP contribution in [0, 0.1) is 0 Å². The fraction of sp³-hybridized carbons (Fsp3) is 0.571. The highest BCUT2D eigenvalue weighted by Crippen LogP contribution is 2.26. The molecule has 0 aromatic heterocycles. The maximum atomic E-state index is 5.91. The summed E-state index contributed by atoms with van der Waals surface area (Å²) in [6, 6.07) is 6.60. The normalized spacial score (nSPS) is 16.5. The first-order valence-electron chi connectivity index (χ1n) is 6.42. The molecule has 88 valence electrons. The number of aryl methyl sites for hydroxylation is 1. The van der Waals surface area contributed by atoms with E-state index in [2.05, 4.69) is 30.0 Å². The van der Waals surface area contributed by atoms with Gasteiger partial charge in [0.05, 0.1) is 0 Å². The van der Waals surface area contributed by atoms with Gasteiger partial charge in [0.2, 0.25) is 0 Å². The van der Waals surface area contributed by atoms with Crippen molar-refractivity contribution < 1.29 is 0 Å². The lowest BCUT2D eigenvalue weighted by atomic mass is 10.0. The molecule has 2 rings (SSSR count). The molecule has 1 aromatic rings. The summed E-state index contributed by atoms with van der Waals surface area (Å²) >= 11 is 0. The molecule has 0 radical (unpaired) electrons. The molecule has 2 nitrogen and oxygen atoms in total. The summed E-state index contributed by atoms with van der Waals surface area (Å²) in [7, 11) is 0.